The molecule has 1 saturated heterocycles. The van der Waals surface area contributed by atoms with Gasteiger partial charge in [-0.05, 0) is 30.4 Å². The Balaban J connectivity index is 1.54. The van der Waals surface area contributed by atoms with Gasteiger partial charge in [0.15, 0.2) is 0 Å². The molecular formula is C20H18O5. The largest absolute Gasteiger partial charge is 0.449 e. The smallest absolute Gasteiger partial charge is 0.283 e. The van der Waals surface area contributed by atoms with Gasteiger partial charge in [0.1, 0.15) is 23.4 Å². The van der Waals surface area contributed by atoms with Crippen LogP contribution in [0.15, 0.2) is 36.4 Å². The van der Waals surface area contributed by atoms with Crippen LogP contribution < -0.4 is 9.47 Å². The first-order valence-corrected chi connectivity index (χ1v) is 8.93. The summed E-state index contributed by atoms with van der Waals surface area (Å²) < 4.78 is 19.1. The minimum atomic E-state index is -1.02. The minimum absolute atomic E-state index is 0.0691. The fourth-order valence-corrected chi connectivity index (χ4v) is 5.35. The Morgan fingerprint density at radius 2 is 1.76 bits per heavy atom. The number of aliphatic hydroxyl groups excluding tert-OH is 1. The van der Waals surface area contributed by atoms with Crippen molar-refractivity contribution < 1.29 is 24.1 Å². The van der Waals surface area contributed by atoms with Crippen LogP contribution in [0.2, 0.25) is 0 Å². The van der Waals surface area contributed by atoms with Crippen LogP contribution in [0, 0.1) is 11.8 Å². The molecule has 5 atom stereocenters. The molecule has 128 valence electrons. The lowest BCUT2D eigenvalue weighted by Gasteiger charge is -2.48. The monoisotopic (exact) mass is 338 g/mol. The molecule has 0 aromatic heterocycles. The Morgan fingerprint density at radius 3 is 2.48 bits per heavy atom. The number of carbonyl (C=O) groups is 1. The van der Waals surface area contributed by atoms with Crippen molar-refractivity contribution in [1.82, 2.24) is 0 Å². The second-order valence-corrected chi connectivity index (χ2v) is 7.57. The van der Waals surface area contributed by atoms with Gasteiger partial charge in [-0.1, -0.05) is 24.3 Å². The summed E-state index contributed by atoms with van der Waals surface area (Å²) in [6.07, 6.45) is 0.370. The van der Waals surface area contributed by atoms with Gasteiger partial charge in [-0.3, -0.25) is 4.79 Å². The van der Waals surface area contributed by atoms with Crippen LogP contribution in [0.25, 0.3) is 10.8 Å². The Labute approximate surface area is 144 Å². The average molecular weight is 338 g/mol. The van der Waals surface area contributed by atoms with Gasteiger partial charge in [-0.2, -0.15) is 0 Å². The Kier molecular flexibility index (Phi) is 2.56. The van der Waals surface area contributed by atoms with E-state index >= 15 is 0 Å². The van der Waals surface area contributed by atoms with Crippen LogP contribution in [0.1, 0.15) is 19.3 Å². The lowest BCUT2D eigenvalue weighted by Crippen LogP contribution is -2.65. The predicted octanol–water partition coefficient (Wildman–Crippen LogP) is 2.43. The lowest BCUT2D eigenvalue weighted by molar-refractivity contribution is -0.209. The Morgan fingerprint density at radius 1 is 1.04 bits per heavy atom. The number of Topliss-reactive ketones (excluding diaryl/α,β-unsaturated/α-hetero) is 1. The first-order valence-electron chi connectivity index (χ1n) is 8.93. The van der Waals surface area contributed by atoms with Crippen LogP contribution in [0.3, 0.4) is 0 Å². The SMILES string of the molecule is O=C1CC2OC3CC[C@H](O)[C@H]1[C@@H]3C21Oc2cccc3cccc(c23)O1. The molecule has 2 aromatic carbocycles. The molecular weight excluding hydrogens is 320 g/mol. The standard InChI is InChI=1S/C20H18O5/c21-11-7-8-15-19-18(11)12(22)9-16(23-15)20(19)24-13-5-1-3-10-4-2-6-14(25-20)17(10)13/h1-6,11,15-16,18-19,21H,7-9H2/t11-,15?,16?,18+,19+/m0/s1. The van der Waals surface area contributed by atoms with Crippen LogP contribution in [-0.2, 0) is 9.53 Å². The summed E-state index contributed by atoms with van der Waals surface area (Å²) in [4.78, 5) is 12.6. The van der Waals surface area contributed by atoms with E-state index < -0.39 is 23.9 Å². The molecule has 5 nitrogen and oxygen atoms in total. The zero-order chi connectivity index (χ0) is 16.8. The molecule has 2 saturated carbocycles. The van der Waals surface area contributed by atoms with Crippen LogP contribution in [0.4, 0.5) is 0 Å². The highest BCUT2D eigenvalue weighted by atomic mass is 16.7. The van der Waals surface area contributed by atoms with Crippen molar-refractivity contribution in [2.24, 2.45) is 11.8 Å². The zero-order valence-electron chi connectivity index (χ0n) is 13.6. The third-order valence-electron chi connectivity index (χ3n) is 6.33. The summed E-state index contributed by atoms with van der Waals surface area (Å²) in [5.41, 5.74) is 0. The molecule has 3 fully saturated rings. The number of hydrogen-bond donors (Lipinski definition) is 1. The van der Waals surface area contributed by atoms with Crippen molar-refractivity contribution >= 4 is 16.6 Å². The second kappa shape index (κ2) is 4.54. The summed E-state index contributed by atoms with van der Waals surface area (Å²) in [7, 11) is 0. The molecule has 6 rings (SSSR count). The molecule has 2 heterocycles. The van der Waals surface area contributed by atoms with E-state index in [1.165, 1.54) is 0 Å². The molecule has 1 N–H and O–H groups in total. The fourth-order valence-electron chi connectivity index (χ4n) is 5.35. The zero-order valence-corrected chi connectivity index (χ0v) is 13.6. The fraction of sp³-hybridized carbons (Fsp3) is 0.450. The summed E-state index contributed by atoms with van der Waals surface area (Å²) in [5, 5.41) is 12.5. The van der Waals surface area contributed by atoms with Crippen molar-refractivity contribution in [1.29, 1.82) is 0 Å². The third kappa shape index (κ3) is 1.63. The number of ether oxygens (including phenoxy) is 3. The van der Waals surface area contributed by atoms with E-state index in [0.717, 1.165) is 28.7 Å². The molecule has 2 bridgehead atoms. The molecule has 0 radical (unpaired) electrons. The van der Waals surface area contributed by atoms with E-state index in [4.69, 9.17) is 14.2 Å². The van der Waals surface area contributed by atoms with Crippen molar-refractivity contribution in [2.75, 3.05) is 0 Å². The third-order valence-corrected chi connectivity index (χ3v) is 6.33. The van der Waals surface area contributed by atoms with Crippen molar-refractivity contribution in [3.63, 3.8) is 0 Å². The highest BCUT2D eigenvalue weighted by Gasteiger charge is 2.71. The highest BCUT2D eigenvalue weighted by Crippen LogP contribution is 2.57. The van der Waals surface area contributed by atoms with E-state index in [9.17, 15) is 9.90 Å². The van der Waals surface area contributed by atoms with Crippen molar-refractivity contribution in [2.45, 2.75) is 43.4 Å². The second-order valence-electron chi connectivity index (χ2n) is 7.57. The number of rotatable bonds is 0. The maximum atomic E-state index is 12.6. The maximum Gasteiger partial charge on any atom is 0.283 e. The van der Waals surface area contributed by atoms with E-state index in [0.29, 0.717) is 6.42 Å². The normalized spacial score (nSPS) is 37.0. The van der Waals surface area contributed by atoms with Gasteiger partial charge < -0.3 is 19.3 Å². The van der Waals surface area contributed by atoms with Crippen molar-refractivity contribution in [3.8, 4) is 11.5 Å². The maximum absolute atomic E-state index is 12.6. The summed E-state index contributed by atoms with van der Waals surface area (Å²) in [5.74, 6) is -0.163. The van der Waals surface area contributed by atoms with Crippen molar-refractivity contribution in [3.05, 3.63) is 36.4 Å². The minimum Gasteiger partial charge on any atom is -0.449 e. The average Bonchev–Trinajstić information content (AvgIpc) is 2.81. The van der Waals surface area contributed by atoms with Gasteiger partial charge in [0.2, 0.25) is 0 Å². The number of aliphatic hydroxyl groups is 1. The molecule has 4 aliphatic rings. The molecule has 2 aliphatic heterocycles. The number of hydrogen-bond acceptors (Lipinski definition) is 5. The van der Waals surface area contributed by atoms with E-state index in [-0.39, 0.29) is 24.2 Å². The predicted molar refractivity (Wildman–Crippen MR) is 88.4 cm³/mol. The van der Waals surface area contributed by atoms with E-state index in [1.54, 1.807) is 0 Å². The van der Waals surface area contributed by atoms with Gasteiger partial charge in [-0.15, -0.1) is 0 Å². The van der Waals surface area contributed by atoms with Gasteiger partial charge in [0.25, 0.3) is 5.79 Å². The van der Waals surface area contributed by atoms with Gasteiger partial charge >= 0.3 is 0 Å². The van der Waals surface area contributed by atoms with Crippen LogP contribution in [-0.4, -0.2) is 35.0 Å². The van der Waals surface area contributed by atoms with E-state index in [1.807, 2.05) is 36.4 Å². The van der Waals surface area contributed by atoms with Crippen LogP contribution >= 0.6 is 0 Å². The quantitative estimate of drug-likeness (QED) is 0.799. The first kappa shape index (κ1) is 14.1. The highest BCUT2D eigenvalue weighted by molar-refractivity contribution is 5.94. The molecule has 1 spiro atoms. The molecule has 5 heteroatoms. The number of carbonyl (C=O) groups excluding carboxylic acids is 1. The Bertz CT molecular complexity index is 865. The summed E-state index contributed by atoms with van der Waals surface area (Å²) >= 11 is 0. The number of ketones is 1. The number of benzene rings is 2. The van der Waals surface area contributed by atoms with Crippen LogP contribution in [0.5, 0.6) is 11.5 Å². The topological polar surface area (TPSA) is 65.0 Å². The molecule has 2 aliphatic carbocycles. The van der Waals surface area contributed by atoms with Gasteiger partial charge in [0, 0.05) is 6.42 Å². The molecule has 2 aromatic rings. The van der Waals surface area contributed by atoms with E-state index in [2.05, 4.69) is 0 Å². The molecule has 0 amide bonds. The first-order chi connectivity index (χ1) is 12.2. The lowest BCUT2D eigenvalue weighted by atomic mass is 9.65. The van der Waals surface area contributed by atoms with Gasteiger partial charge in [-0.25, -0.2) is 0 Å². The van der Waals surface area contributed by atoms with Gasteiger partial charge in [0.05, 0.1) is 29.4 Å². The summed E-state index contributed by atoms with van der Waals surface area (Å²) in [6, 6.07) is 11.9. The Hall–Kier alpha value is -2.11. The molecule has 25 heavy (non-hydrogen) atoms. The molecule has 2 unspecified atom stereocenters. The summed E-state index contributed by atoms with van der Waals surface area (Å²) in [6.45, 7) is 0.